The van der Waals surface area contributed by atoms with Crippen LogP contribution in [0.5, 0.6) is 0 Å². The summed E-state index contributed by atoms with van der Waals surface area (Å²) in [5, 5.41) is 0. The van der Waals surface area contributed by atoms with E-state index in [0.717, 1.165) is 5.92 Å². The van der Waals surface area contributed by atoms with Gasteiger partial charge in [0.15, 0.2) is 0 Å². The largest absolute Gasteiger partial charge is 0.324 e. The van der Waals surface area contributed by atoms with Crippen LogP contribution in [0, 0.1) is 38.0 Å². The van der Waals surface area contributed by atoms with Gasteiger partial charge in [-0.3, -0.25) is 0 Å². The molecule has 0 aliphatic heterocycles. The van der Waals surface area contributed by atoms with Gasteiger partial charge in [-0.05, 0) is 86.0 Å². The second-order valence-electron chi connectivity index (χ2n) is 8.30. The molecule has 0 heterocycles. The number of hydrogen-bond acceptors (Lipinski definition) is 1. The fourth-order valence-electron chi connectivity index (χ4n) is 3.94. The van der Waals surface area contributed by atoms with Gasteiger partial charge < -0.3 is 5.73 Å². The molecule has 1 aliphatic rings. The molecule has 0 saturated heterocycles. The van der Waals surface area contributed by atoms with Crippen LogP contribution < -0.4 is 5.73 Å². The van der Waals surface area contributed by atoms with Gasteiger partial charge in [0.05, 0.1) is 0 Å². The lowest BCUT2D eigenvalue weighted by Crippen LogP contribution is -2.31. The van der Waals surface area contributed by atoms with Gasteiger partial charge in [0.2, 0.25) is 0 Å². The van der Waals surface area contributed by atoms with Crippen molar-refractivity contribution in [1.82, 2.24) is 0 Å². The lowest BCUT2D eigenvalue weighted by Gasteiger charge is -2.39. The predicted octanol–water partition coefficient (Wildman–Crippen LogP) is 5.46. The Morgan fingerprint density at radius 3 is 1.95 bits per heavy atom. The molecule has 21 heavy (non-hydrogen) atoms. The Kier molecular flexibility index (Phi) is 4.82. The fraction of sp³-hybridized carbons (Fsp3) is 0.700. The Bertz CT molecular complexity index is 487. The molecule has 0 bridgehead atoms. The van der Waals surface area contributed by atoms with E-state index in [2.05, 4.69) is 53.7 Å². The van der Waals surface area contributed by atoms with Crippen molar-refractivity contribution in [1.29, 1.82) is 0 Å². The van der Waals surface area contributed by atoms with Gasteiger partial charge >= 0.3 is 0 Å². The van der Waals surface area contributed by atoms with E-state index in [-0.39, 0.29) is 6.04 Å². The van der Waals surface area contributed by atoms with Crippen LogP contribution in [-0.2, 0) is 0 Å². The van der Waals surface area contributed by atoms with Crippen molar-refractivity contribution in [3.8, 4) is 0 Å². The summed E-state index contributed by atoms with van der Waals surface area (Å²) in [6.45, 7) is 13.7. The van der Waals surface area contributed by atoms with E-state index >= 15 is 0 Å². The molecule has 2 N–H and O–H groups in total. The SMILES string of the molecule is Cc1cc(C)c(C(N)C2CCC(C(C)(C)C)CC2)cc1C. The van der Waals surface area contributed by atoms with Crippen LogP contribution in [0.1, 0.15) is 74.8 Å². The van der Waals surface area contributed by atoms with Crippen LogP contribution in [0.4, 0.5) is 0 Å². The first-order valence-electron chi connectivity index (χ1n) is 8.53. The topological polar surface area (TPSA) is 26.0 Å². The van der Waals surface area contributed by atoms with E-state index in [1.54, 1.807) is 0 Å². The maximum absolute atomic E-state index is 6.64. The highest BCUT2D eigenvalue weighted by atomic mass is 14.7. The molecule has 0 amide bonds. The van der Waals surface area contributed by atoms with E-state index in [4.69, 9.17) is 5.73 Å². The average Bonchev–Trinajstić information content (AvgIpc) is 2.41. The second kappa shape index (κ2) is 6.12. The van der Waals surface area contributed by atoms with Crippen LogP contribution in [0.2, 0.25) is 0 Å². The van der Waals surface area contributed by atoms with Crippen molar-refractivity contribution in [3.63, 3.8) is 0 Å². The van der Waals surface area contributed by atoms with Gasteiger partial charge in [0.1, 0.15) is 0 Å². The molecule has 0 aromatic heterocycles. The predicted molar refractivity (Wildman–Crippen MR) is 92.5 cm³/mol. The number of benzene rings is 1. The third kappa shape index (κ3) is 3.69. The minimum Gasteiger partial charge on any atom is -0.324 e. The van der Waals surface area contributed by atoms with E-state index < -0.39 is 0 Å². The Hall–Kier alpha value is -0.820. The number of rotatable bonds is 2. The van der Waals surface area contributed by atoms with Crippen molar-refractivity contribution in [2.24, 2.45) is 23.0 Å². The lowest BCUT2D eigenvalue weighted by molar-refractivity contribution is 0.139. The molecule has 2 rings (SSSR count). The van der Waals surface area contributed by atoms with Gasteiger partial charge in [0.25, 0.3) is 0 Å². The van der Waals surface area contributed by atoms with Crippen LogP contribution in [0.25, 0.3) is 0 Å². The molecular weight excluding hydrogens is 254 g/mol. The zero-order valence-electron chi connectivity index (χ0n) is 14.8. The third-order valence-electron chi connectivity index (χ3n) is 5.75. The summed E-state index contributed by atoms with van der Waals surface area (Å²) in [6.07, 6.45) is 5.25. The zero-order chi connectivity index (χ0) is 15.8. The van der Waals surface area contributed by atoms with Crippen LogP contribution in [0.3, 0.4) is 0 Å². The molecular formula is C20H33N. The summed E-state index contributed by atoms with van der Waals surface area (Å²) < 4.78 is 0. The van der Waals surface area contributed by atoms with Gasteiger partial charge in [0, 0.05) is 6.04 Å². The Labute approximate surface area is 131 Å². The Balaban J connectivity index is 2.09. The summed E-state index contributed by atoms with van der Waals surface area (Å²) >= 11 is 0. The first kappa shape index (κ1) is 16.5. The van der Waals surface area contributed by atoms with Crippen molar-refractivity contribution in [2.45, 2.75) is 73.3 Å². The molecule has 1 unspecified atom stereocenters. The molecule has 0 spiro atoms. The minimum atomic E-state index is 0.213. The first-order chi connectivity index (χ1) is 9.70. The van der Waals surface area contributed by atoms with Gasteiger partial charge in [-0.25, -0.2) is 0 Å². The molecule has 1 atom stereocenters. The normalized spacial score (nSPS) is 24.9. The van der Waals surface area contributed by atoms with Crippen molar-refractivity contribution < 1.29 is 0 Å². The van der Waals surface area contributed by atoms with Crippen LogP contribution >= 0.6 is 0 Å². The van der Waals surface area contributed by atoms with E-state index in [0.29, 0.717) is 11.3 Å². The smallest absolute Gasteiger partial charge is 0.0326 e. The van der Waals surface area contributed by atoms with E-state index in [1.165, 1.54) is 47.9 Å². The molecule has 1 fully saturated rings. The highest BCUT2D eigenvalue weighted by Gasteiger charge is 2.32. The summed E-state index contributed by atoms with van der Waals surface area (Å²) in [5.74, 6) is 1.52. The highest BCUT2D eigenvalue weighted by Crippen LogP contribution is 2.43. The van der Waals surface area contributed by atoms with Gasteiger partial charge in [-0.15, -0.1) is 0 Å². The lowest BCUT2D eigenvalue weighted by atomic mass is 9.68. The zero-order valence-corrected chi connectivity index (χ0v) is 14.8. The monoisotopic (exact) mass is 287 g/mol. The number of nitrogens with two attached hydrogens (primary N) is 1. The summed E-state index contributed by atoms with van der Waals surface area (Å²) in [6, 6.07) is 4.83. The summed E-state index contributed by atoms with van der Waals surface area (Å²) in [7, 11) is 0. The Morgan fingerprint density at radius 2 is 1.43 bits per heavy atom. The van der Waals surface area contributed by atoms with Crippen LogP contribution in [0.15, 0.2) is 12.1 Å². The van der Waals surface area contributed by atoms with Crippen molar-refractivity contribution >= 4 is 0 Å². The van der Waals surface area contributed by atoms with Gasteiger partial charge in [-0.1, -0.05) is 32.9 Å². The first-order valence-corrected chi connectivity index (χ1v) is 8.53. The maximum atomic E-state index is 6.64. The summed E-state index contributed by atoms with van der Waals surface area (Å²) in [5.41, 5.74) is 12.6. The average molecular weight is 287 g/mol. The molecule has 1 heteroatoms. The van der Waals surface area contributed by atoms with Crippen LogP contribution in [-0.4, -0.2) is 0 Å². The molecule has 1 saturated carbocycles. The van der Waals surface area contributed by atoms with E-state index in [1.807, 2.05) is 0 Å². The molecule has 118 valence electrons. The fourth-order valence-corrected chi connectivity index (χ4v) is 3.94. The second-order valence-corrected chi connectivity index (χ2v) is 8.30. The minimum absolute atomic E-state index is 0.213. The number of hydrogen-bond donors (Lipinski definition) is 1. The van der Waals surface area contributed by atoms with Gasteiger partial charge in [-0.2, -0.15) is 0 Å². The standard InChI is InChI=1S/C20H33N/c1-13-11-15(3)18(12-14(13)2)19(21)16-7-9-17(10-8-16)20(4,5)6/h11-12,16-17,19H,7-10,21H2,1-6H3. The molecule has 1 nitrogen and oxygen atoms in total. The molecule has 1 aliphatic carbocycles. The molecule has 0 radical (unpaired) electrons. The molecule has 1 aromatic rings. The molecule has 1 aromatic carbocycles. The van der Waals surface area contributed by atoms with E-state index in [9.17, 15) is 0 Å². The Morgan fingerprint density at radius 1 is 0.905 bits per heavy atom. The van der Waals surface area contributed by atoms with Crippen molar-refractivity contribution in [2.75, 3.05) is 0 Å². The third-order valence-corrected chi connectivity index (χ3v) is 5.75. The maximum Gasteiger partial charge on any atom is 0.0326 e. The van der Waals surface area contributed by atoms with Crippen molar-refractivity contribution in [3.05, 3.63) is 34.4 Å². The highest BCUT2D eigenvalue weighted by molar-refractivity contribution is 5.38. The summed E-state index contributed by atoms with van der Waals surface area (Å²) in [4.78, 5) is 0. The quantitative estimate of drug-likeness (QED) is 0.767. The number of aryl methyl sites for hydroxylation is 3.